The second-order valence-corrected chi connectivity index (χ2v) is 4.71. The zero-order valence-electron chi connectivity index (χ0n) is 11.8. The number of hydrogen-bond donors (Lipinski definition) is 0. The molecule has 100 valence electrons. The molecule has 0 heterocycles. The maximum Gasteiger partial charge on any atom is 0.347 e. The van der Waals surface area contributed by atoms with Crippen LogP contribution in [0.3, 0.4) is 0 Å². The fourth-order valence-electron chi connectivity index (χ4n) is 1.72. The minimum atomic E-state index is -0.579. The van der Waals surface area contributed by atoms with Crippen LogP contribution >= 0.6 is 0 Å². The highest BCUT2D eigenvalue weighted by Crippen LogP contribution is 2.28. The zero-order valence-corrected chi connectivity index (χ0v) is 11.8. The van der Waals surface area contributed by atoms with Crippen LogP contribution in [0, 0.1) is 6.92 Å². The van der Waals surface area contributed by atoms with Crippen molar-refractivity contribution in [1.29, 1.82) is 0 Å². The zero-order chi connectivity index (χ0) is 13.7. The SMILES string of the molecule is CCOC(=O)[C@@H](C)Oc1cc(C)ccc1C(C)C. The van der Waals surface area contributed by atoms with E-state index >= 15 is 0 Å². The van der Waals surface area contributed by atoms with Gasteiger partial charge in [0.1, 0.15) is 5.75 Å². The van der Waals surface area contributed by atoms with E-state index in [1.165, 1.54) is 0 Å². The van der Waals surface area contributed by atoms with Gasteiger partial charge in [0.25, 0.3) is 0 Å². The van der Waals surface area contributed by atoms with Crippen LogP contribution < -0.4 is 4.74 Å². The van der Waals surface area contributed by atoms with Gasteiger partial charge in [-0.15, -0.1) is 0 Å². The molecule has 18 heavy (non-hydrogen) atoms. The minimum absolute atomic E-state index is 0.325. The van der Waals surface area contributed by atoms with E-state index in [1.807, 2.05) is 19.1 Å². The summed E-state index contributed by atoms with van der Waals surface area (Å²) >= 11 is 0. The first-order valence-electron chi connectivity index (χ1n) is 6.39. The highest BCUT2D eigenvalue weighted by atomic mass is 16.6. The molecule has 0 spiro atoms. The Morgan fingerprint density at radius 1 is 1.28 bits per heavy atom. The van der Waals surface area contributed by atoms with Crippen LogP contribution in [-0.2, 0) is 9.53 Å². The third kappa shape index (κ3) is 3.76. The fraction of sp³-hybridized carbons (Fsp3) is 0.533. The summed E-state index contributed by atoms with van der Waals surface area (Å²) in [7, 11) is 0. The molecule has 0 saturated heterocycles. The van der Waals surface area contributed by atoms with E-state index in [1.54, 1.807) is 13.8 Å². The lowest BCUT2D eigenvalue weighted by molar-refractivity contribution is -0.150. The number of esters is 1. The van der Waals surface area contributed by atoms with Crippen molar-refractivity contribution in [2.75, 3.05) is 6.61 Å². The molecule has 0 aliphatic carbocycles. The quantitative estimate of drug-likeness (QED) is 0.751. The largest absolute Gasteiger partial charge is 0.479 e. The van der Waals surface area contributed by atoms with Crippen molar-refractivity contribution in [3.8, 4) is 5.75 Å². The lowest BCUT2D eigenvalue weighted by Crippen LogP contribution is -2.26. The molecule has 0 amide bonds. The molecule has 0 saturated carbocycles. The van der Waals surface area contributed by atoms with Crippen molar-refractivity contribution in [3.63, 3.8) is 0 Å². The number of aryl methyl sites for hydroxylation is 1. The Balaban J connectivity index is 2.88. The molecule has 0 unspecified atom stereocenters. The number of carbonyl (C=O) groups is 1. The van der Waals surface area contributed by atoms with E-state index in [4.69, 9.17) is 9.47 Å². The second kappa shape index (κ2) is 6.43. The van der Waals surface area contributed by atoms with Crippen molar-refractivity contribution in [2.45, 2.75) is 46.6 Å². The van der Waals surface area contributed by atoms with Gasteiger partial charge in [-0.3, -0.25) is 0 Å². The predicted octanol–water partition coefficient (Wildman–Crippen LogP) is 3.45. The molecule has 0 N–H and O–H groups in total. The van der Waals surface area contributed by atoms with E-state index < -0.39 is 6.10 Å². The number of benzene rings is 1. The topological polar surface area (TPSA) is 35.5 Å². The first kappa shape index (κ1) is 14.6. The Hall–Kier alpha value is -1.51. The summed E-state index contributed by atoms with van der Waals surface area (Å²) in [6, 6.07) is 6.06. The van der Waals surface area contributed by atoms with Gasteiger partial charge in [0.05, 0.1) is 6.61 Å². The van der Waals surface area contributed by atoms with Gasteiger partial charge >= 0.3 is 5.97 Å². The van der Waals surface area contributed by atoms with E-state index in [2.05, 4.69) is 19.9 Å². The molecule has 3 heteroatoms. The molecule has 3 nitrogen and oxygen atoms in total. The van der Waals surface area contributed by atoms with Crippen LogP contribution in [0.4, 0.5) is 0 Å². The van der Waals surface area contributed by atoms with E-state index in [9.17, 15) is 4.79 Å². The highest BCUT2D eigenvalue weighted by Gasteiger charge is 2.18. The molecule has 0 aromatic heterocycles. The van der Waals surface area contributed by atoms with Gasteiger partial charge in [-0.05, 0) is 43.9 Å². The van der Waals surface area contributed by atoms with Crippen molar-refractivity contribution in [2.24, 2.45) is 0 Å². The predicted molar refractivity (Wildman–Crippen MR) is 72.0 cm³/mol. The Morgan fingerprint density at radius 2 is 1.94 bits per heavy atom. The average Bonchev–Trinajstić information content (AvgIpc) is 2.28. The first-order valence-corrected chi connectivity index (χ1v) is 6.39. The first-order chi connectivity index (χ1) is 8.45. The number of ether oxygens (including phenoxy) is 2. The molecular formula is C15H22O3. The molecule has 0 aliphatic rings. The summed E-state index contributed by atoms with van der Waals surface area (Å²) < 4.78 is 10.7. The van der Waals surface area contributed by atoms with Gasteiger partial charge < -0.3 is 9.47 Å². The minimum Gasteiger partial charge on any atom is -0.479 e. The number of hydrogen-bond acceptors (Lipinski definition) is 3. The highest BCUT2D eigenvalue weighted by molar-refractivity contribution is 5.74. The third-order valence-electron chi connectivity index (χ3n) is 2.71. The third-order valence-corrected chi connectivity index (χ3v) is 2.71. The van der Waals surface area contributed by atoms with Crippen LogP contribution in [0.1, 0.15) is 44.7 Å². The molecule has 1 aromatic rings. The number of rotatable bonds is 5. The van der Waals surface area contributed by atoms with Gasteiger partial charge in [-0.25, -0.2) is 4.79 Å². The van der Waals surface area contributed by atoms with E-state index in [0.717, 1.165) is 16.9 Å². The van der Waals surface area contributed by atoms with Crippen molar-refractivity contribution in [3.05, 3.63) is 29.3 Å². The standard InChI is InChI=1S/C15H22O3/c1-6-17-15(16)12(5)18-14-9-11(4)7-8-13(14)10(2)3/h7-10,12H,6H2,1-5H3/t12-/m1/s1. The Morgan fingerprint density at radius 3 is 2.50 bits per heavy atom. The molecular weight excluding hydrogens is 228 g/mol. The molecule has 1 rings (SSSR count). The lowest BCUT2D eigenvalue weighted by Gasteiger charge is -2.18. The Kier molecular flexibility index (Phi) is 5.20. The molecule has 1 aromatic carbocycles. The normalized spacial score (nSPS) is 12.3. The van der Waals surface area contributed by atoms with Crippen LogP contribution in [-0.4, -0.2) is 18.7 Å². The van der Waals surface area contributed by atoms with E-state index in [0.29, 0.717) is 12.5 Å². The van der Waals surface area contributed by atoms with Crippen LogP contribution in [0.15, 0.2) is 18.2 Å². The van der Waals surface area contributed by atoms with Crippen LogP contribution in [0.5, 0.6) is 5.75 Å². The monoisotopic (exact) mass is 250 g/mol. The summed E-state index contributed by atoms with van der Waals surface area (Å²) in [5.74, 6) is 0.800. The molecule has 0 fully saturated rings. The fourth-order valence-corrected chi connectivity index (χ4v) is 1.72. The Bertz CT molecular complexity index is 410. The molecule has 0 radical (unpaired) electrons. The van der Waals surface area contributed by atoms with E-state index in [-0.39, 0.29) is 5.97 Å². The van der Waals surface area contributed by atoms with Crippen LogP contribution in [0.25, 0.3) is 0 Å². The van der Waals surface area contributed by atoms with Gasteiger partial charge in [0.15, 0.2) is 6.10 Å². The van der Waals surface area contributed by atoms with Gasteiger partial charge in [0, 0.05) is 0 Å². The summed E-state index contributed by atoms with van der Waals surface area (Å²) in [5.41, 5.74) is 2.22. The maximum absolute atomic E-state index is 11.6. The van der Waals surface area contributed by atoms with Gasteiger partial charge in [-0.2, -0.15) is 0 Å². The summed E-state index contributed by atoms with van der Waals surface area (Å²) in [5, 5.41) is 0. The second-order valence-electron chi connectivity index (χ2n) is 4.71. The number of carbonyl (C=O) groups excluding carboxylic acids is 1. The smallest absolute Gasteiger partial charge is 0.347 e. The van der Waals surface area contributed by atoms with Crippen LogP contribution in [0.2, 0.25) is 0 Å². The lowest BCUT2D eigenvalue weighted by atomic mass is 10.0. The summed E-state index contributed by atoms with van der Waals surface area (Å²) in [4.78, 5) is 11.6. The van der Waals surface area contributed by atoms with Crippen molar-refractivity contribution < 1.29 is 14.3 Å². The molecule has 1 atom stereocenters. The van der Waals surface area contributed by atoms with Crippen molar-refractivity contribution in [1.82, 2.24) is 0 Å². The summed E-state index contributed by atoms with van der Waals surface area (Å²) in [6.45, 7) is 10.1. The molecule has 0 bridgehead atoms. The van der Waals surface area contributed by atoms with Crippen molar-refractivity contribution >= 4 is 5.97 Å². The summed E-state index contributed by atoms with van der Waals surface area (Å²) in [6.07, 6.45) is -0.579. The maximum atomic E-state index is 11.6. The van der Waals surface area contributed by atoms with Gasteiger partial charge in [-0.1, -0.05) is 26.0 Å². The molecule has 0 aliphatic heterocycles. The Labute approximate surface area is 109 Å². The van der Waals surface area contributed by atoms with Gasteiger partial charge in [0.2, 0.25) is 0 Å². The average molecular weight is 250 g/mol.